The van der Waals surface area contributed by atoms with Gasteiger partial charge in [-0.1, -0.05) is 6.92 Å². The van der Waals surface area contributed by atoms with Crippen molar-refractivity contribution in [2.24, 2.45) is 0 Å². The molecule has 1 aromatic rings. The monoisotopic (exact) mass is 241 g/mol. The molecular formula is C11H19N3OS. The molecule has 5 heteroatoms. The van der Waals surface area contributed by atoms with Crippen LogP contribution in [0.25, 0.3) is 0 Å². The summed E-state index contributed by atoms with van der Waals surface area (Å²) in [6.45, 7) is 7.79. The number of rotatable bonds is 4. The second-order valence-corrected chi connectivity index (χ2v) is 4.94. The molecule has 1 aliphatic heterocycles. The van der Waals surface area contributed by atoms with Gasteiger partial charge in [-0.25, -0.2) is 4.98 Å². The van der Waals surface area contributed by atoms with Crippen molar-refractivity contribution in [3.63, 3.8) is 0 Å². The molecular weight excluding hydrogens is 222 g/mol. The lowest BCUT2D eigenvalue weighted by molar-refractivity contribution is 0.152. The Morgan fingerprint density at radius 2 is 2.44 bits per heavy atom. The van der Waals surface area contributed by atoms with Crippen molar-refractivity contribution < 1.29 is 4.74 Å². The Labute approximate surface area is 101 Å². The van der Waals surface area contributed by atoms with Crippen LogP contribution in [0.15, 0.2) is 6.20 Å². The van der Waals surface area contributed by atoms with E-state index in [-0.39, 0.29) is 0 Å². The lowest BCUT2D eigenvalue weighted by atomic mass is 10.4. The van der Waals surface area contributed by atoms with Gasteiger partial charge in [0.25, 0.3) is 0 Å². The average molecular weight is 241 g/mol. The maximum absolute atomic E-state index is 5.44. The first-order valence-electron chi connectivity index (χ1n) is 5.88. The van der Waals surface area contributed by atoms with Gasteiger partial charge in [-0.3, -0.25) is 0 Å². The van der Waals surface area contributed by atoms with Gasteiger partial charge in [-0.05, 0) is 13.0 Å². The summed E-state index contributed by atoms with van der Waals surface area (Å²) < 4.78 is 5.44. The molecule has 1 fully saturated rings. The second kappa shape index (κ2) is 6.18. The fourth-order valence-electron chi connectivity index (χ4n) is 1.71. The topological polar surface area (TPSA) is 37.4 Å². The highest BCUT2D eigenvalue weighted by atomic mass is 32.1. The molecule has 1 saturated heterocycles. The molecule has 1 N–H and O–H groups in total. The Morgan fingerprint density at radius 1 is 1.50 bits per heavy atom. The number of hydrogen-bond acceptors (Lipinski definition) is 5. The molecule has 0 radical (unpaired) electrons. The SMILES string of the molecule is CCNCc1cnc(N2CCCOCC2)s1. The van der Waals surface area contributed by atoms with Gasteiger partial charge in [0.2, 0.25) is 0 Å². The van der Waals surface area contributed by atoms with Gasteiger partial charge in [-0.2, -0.15) is 0 Å². The van der Waals surface area contributed by atoms with Crippen LogP contribution in [0.2, 0.25) is 0 Å². The quantitative estimate of drug-likeness (QED) is 0.866. The predicted molar refractivity (Wildman–Crippen MR) is 67.1 cm³/mol. The zero-order valence-electron chi connectivity index (χ0n) is 9.74. The van der Waals surface area contributed by atoms with Crippen LogP contribution >= 0.6 is 11.3 Å². The van der Waals surface area contributed by atoms with Gasteiger partial charge in [0.15, 0.2) is 5.13 Å². The molecule has 0 bridgehead atoms. The van der Waals surface area contributed by atoms with E-state index in [2.05, 4.69) is 22.1 Å². The number of anilines is 1. The van der Waals surface area contributed by atoms with E-state index in [1.165, 1.54) is 4.88 Å². The highest BCUT2D eigenvalue weighted by molar-refractivity contribution is 7.15. The zero-order valence-corrected chi connectivity index (χ0v) is 10.6. The summed E-state index contributed by atoms with van der Waals surface area (Å²) in [6, 6.07) is 0. The van der Waals surface area contributed by atoms with Crippen LogP contribution in [0.4, 0.5) is 5.13 Å². The Kier molecular flexibility index (Phi) is 4.56. The van der Waals surface area contributed by atoms with Gasteiger partial charge < -0.3 is 15.0 Å². The molecule has 4 nitrogen and oxygen atoms in total. The van der Waals surface area contributed by atoms with Crippen LogP contribution in [-0.4, -0.2) is 37.8 Å². The highest BCUT2D eigenvalue weighted by Gasteiger charge is 2.13. The van der Waals surface area contributed by atoms with Crippen LogP contribution < -0.4 is 10.2 Å². The lowest BCUT2D eigenvalue weighted by Crippen LogP contribution is -2.25. The first-order chi connectivity index (χ1) is 7.90. The van der Waals surface area contributed by atoms with Gasteiger partial charge in [0.1, 0.15) is 0 Å². The molecule has 90 valence electrons. The smallest absolute Gasteiger partial charge is 0.185 e. The third-order valence-corrected chi connectivity index (χ3v) is 3.64. The third-order valence-electron chi connectivity index (χ3n) is 2.58. The van der Waals surface area contributed by atoms with Crippen LogP contribution in [0.3, 0.4) is 0 Å². The van der Waals surface area contributed by atoms with E-state index >= 15 is 0 Å². The highest BCUT2D eigenvalue weighted by Crippen LogP contribution is 2.23. The van der Waals surface area contributed by atoms with Crippen LogP contribution in [0, 0.1) is 0 Å². The third kappa shape index (κ3) is 3.17. The number of ether oxygens (including phenoxy) is 1. The molecule has 1 aromatic heterocycles. The van der Waals surface area contributed by atoms with Crippen molar-refractivity contribution in [2.45, 2.75) is 19.9 Å². The maximum Gasteiger partial charge on any atom is 0.185 e. The molecule has 0 aliphatic carbocycles. The second-order valence-electron chi connectivity index (χ2n) is 3.84. The van der Waals surface area contributed by atoms with Gasteiger partial charge in [0.05, 0.1) is 6.61 Å². The van der Waals surface area contributed by atoms with E-state index in [1.807, 2.05) is 6.20 Å². The van der Waals surface area contributed by atoms with E-state index in [1.54, 1.807) is 11.3 Å². The predicted octanol–water partition coefficient (Wildman–Crippen LogP) is 1.48. The summed E-state index contributed by atoms with van der Waals surface area (Å²) in [7, 11) is 0. The minimum absolute atomic E-state index is 0.822. The Balaban J connectivity index is 1.94. The molecule has 0 amide bonds. The van der Waals surface area contributed by atoms with Crippen molar-refractivity contribution >= 4 is 16.5 Å². The average Bonchev–Trinajstić information content (AvgIpc) is 2.60. The van der Waals surface area contributed by atoms with Crippen molar-refractivity contribution in [1.29, 1.82) is 0 Å². The van der Waals surface area contributed by atoms with E-state index in [9.17, 15) is 0 Å². The summed E-state index contributed by atoms with van der Waals surface area (Å²) in [5.74, 6) is 0. The number of nitrogens with zero attached hydrogens (tertiary/aromatic N) is 2. The largest absolute Gasteiger partial charge is 0.380 e. The van der Waals surface area contributed by atoms with E-state index in [4.69, 9.17) is 4.74 Å². The van der Waals surface area contributed by atoms with E-state index < -0.39 is 0 Å². The number of thiazole rings is 1. The summed E-state index contributed by atoms with van der Waals surface area (Å²) in [5.41, 5.74) is 0. The van der Waals surface area contributed by atoms with E-state index in [0.717, 1.165) is 50.9 Å². The fourth-order valence-corrected chi connectivity index (χ4v) is 2.64. The first kappa shape index (κ1) is 11.8. The number of aromatic nitrogens is 1. The molecule has 0 aromatic carbocycles. The van der Waals surface area contributed by atoms with Gasteiger partial charge >= 0.3 is 0 Å². The summed E-state index contributed by atoms with van der Waals surface area (Å²) in [5, 5.41) is 4.46. The molecule has 0 unspecified atom stereocenters. The molecule has 0 spiro atoms. The van der Waals surface area contributed by atoms with E-state index in [0.29, 0.717) is 0 Å². The Bertz CT molecular complexity index is 308. The molecule has 0 saturated carbocycles. The van der Waals surface area contributed by atoms with Crippen LogP contribution in [-0.2, 0) is 11.3 Å². The van der Waals surface area contributed by atoms with Crippen LogP contribution in [0.1, 0.15) is 18.2 Å². The van der Waals surface area contributed by atoms with Crippen molar-refractivity contribution in [2.75, 3.05) is 37.7 Å². The number of hydrogen-bond donors (Lipinski definition) is 1. The van der Waals surface area contributed by atoms with Crippen molar-refractivity contribution in [3.05, 3.63) is 11.1 Å². The molecule has 2 rings (SSSR count). The first-order valence-corrected chi connectivity index (χ1v) is 6.70. The maximum atomic E-state index is 5.44. The summed E-state index contributed by atoms with van der Waals surface area (Å²) in [4.78, 5) is 8.12. The molecule has 0 atom stereocenters. The summed E-state index contributed by atoms with van der Waals surface area (Å²) >= 11 is 1.79. The van der Waals surface area contributed by atoms with Crippen molar-refractivity contribution in [3.8, 4) is 0 Å². The van der Waals surface area contributed by atoms with Crippen molar-refractivity contribution in [1.82, 2.24) is 10.3 Å². The molecule has 16 heavy (non-hydrogen) atoms. The lowest BCUT2D eigenvalue weighted by Gasteiger charge is -2.17. The molecule has 2 heterocycles. The summed E-state index contributed by atoms with van der Waals surface area (Å²) in [6.07, 6.45) is 3.08. The standard InChI is InChI=1S/C11H19N3OS/c1-2-12-8-10-9-13-11(16-10)14-4-3-6-15-7-5-14/h9,12H,2-8H2,1H3. The minimum Gasteiger partial charge on any atom is -0.380 e. The van der Waals surface area contributed by atoms with Gasteiger partial charge in [0, 0.05) is 37.3 Å². The Hall–Kier alpha value is -0.650. The van der Waals surface area contributed by atoms with Crippen LogP contribution in [0.5, 0.6) is 0 Å². The fraction of sp³-hybridized carbons (Fsp3) is 0.727. The Morgan fingerprint density at radius 3 is 3.31 bits per heavy atom. The minimum atomic E-state index is 0.822. The normalized spacial score (nSPS) is 17.4. The molecule has 1 aliphatic rings. The van der Waals surface area contributed by atoms with Gasteiger partial charge in [-0.15, -0.1) is 11.3 Å². The number of nitrogens with one attached hydrogen (secondary N) is 1. The zero-order chi connectivity index (χ0) is 11.2.